The molecule has 1 saturated carbocycles. The number of Topliss-reactive ketones (excluding diaryl/α,β-unsaturated/α-hetero) is 1. The highest BCUT2D eigenvalue weighted by atomic mass is 16.5. The van der Waals surface area contributed by atoms with Gasteiger partial charge < -0.3 is 20.3 Å². The standard InChI is InChI=1S/C25H33NO5/c1-14-6-4-3-5-7-15(2)17-8-9-18-19(28)12-20(29)25-24(18)23(17)21(31-25)10-16(27)11-22(30)26-13-14/h3-9,14,17-21,23-25,28-29H,10-13H2,1-2H3,(H,26,30)/b5-3+,6-4+,15-7-/t14-,17+,18-,19-,20+,21?,23-,24+,25+/m0/s1. The summed E-state index contributed by atoms with van der Waals surface area (Å²) in [4.78, 5) is 25.0. The molecule has 4 aliphatic rings. The minimum atomic E-state index is -0.751. The lowest BCUT2D eigenvalue weighted by Gasteiger charge is -2.44. The topological polar surface area (TPSA) is 95.9 Å². The van der Waals surface area contributed by atoms with Crippen molar-refractivity contribution in [3.05, 3.63) is 48.1 Å². The number of nitrogens with one attached hydrogen (secondary N) is 1. The third kappa shape index (κ3) is 4.61. The molecule has 0 bridgehead atoms. The number of ketones is 1. The highest BCUT2D eigenvalue weighted by molar-refractivity contribution is 5.98. The van der Waals surface area contributed by atoms with Crippen LogP contribution in [0.4, 0.5) is 0 Å². The van der Waals surface area contributed by atoms with Crippen LogP contribution in [0.25, 0.3) is 0 Å². The zero-order valence-electron chi connectivity index (χ0n) is 18.2. The van der Waals surface area contributed by atoms with E-state index in [1.807, 2.05) is 31.2 Å². The Labute approximate surface area is 183 Å². The quantitative estimate of drug-likeness (QED) is 0.406. The normalized spacial score (nSPS) is 47.1. The first-order chi connectivity index (χ1) is 14.8. The van der Waals surface area contributed by atoms with Crippen LogP contribution < -0.4 is 5.32 Å². The van der Waals surface area contributed by atoms with E-state index in [4.69, 9.17) is 4.74 Å². The molecule has 1 unspecified atom stereocenters. The van der Waals surface area contributed by atoms with E-state index in [1.165, 1.54) is 0 Å². The Morgan fingerprint density at radius 3 is 2.65 bits per heavy atom. The second-order valence-corrected chi connectivity index (χ2v) is 9.53. The monoisotopic (exact) mass is 427 g/mol. The predicted molar refractivity (Wildman–Crippen MR) is 117 cm³/mol. The van der Waals surface area contributed by atoms with Crippen molar-refractivity contribution < 1.29 is 24.5 Å². The number of amides is 1. The molecule has 9 atom stereocenters. The number of rotatable bonds is 0. The Hall–Kier alpha value is -2.02. The second kappa shape index (κ2) is 9.23. The average Bonchev–Trinajstić information content (AvgIpc) is 3.09. The van der Waals surface area contributed by atoms with Gasteiger partial charge in [0.25, 0.3) is 0 Å². The van der Waals surface area contributed by atoms with Crippen LogP contribution >= 0.6 is 0 Å². The summed E-state index contributed by atoms with van der Waals surface area (Å²) in [7, 11) is 0. The van der Waals surface area contributed by atoms with Gasteiger partial charge in [0.2, 0.25) is 5.91 Å². The lowest BCUT2D eigenvalue weighted by Crippen LogP contribution is -2.50. The first kappa shape index (κ1) is 22.2. The van der Waals surface area contributed by atoms with Crippen LogP contribution in [0.3, 0.4) is 0 Å². The van der Waals surface area contributed by atoms with Crippen LogP contribution in [0.1, 0.15) is 33.1 Å². The van der Waals surface area contributed by atoms with Crippen molar-refractivity contribution in [3.63, 3.8) is 0 Å². The summed E-state index contributed by atoms with van der Waals surface area (Å²) in [5.74, 6) is -0.367. The molecule has 0 spiro atoms. The van der Waals surface area contributed by atoms with Gasteiger partial charge in [-0.15, -0.1) is 0 Å². The maximum absolute atomic E-state index is 12.7. The Balaban J connectivity index is 1.68. The summed E-state index contributed by atoms with van der Waals surface area (Å²) in [5, 5.41) is 24.0. The number of carbonyl (C=O) groups is 2. The first-order valence-corrected chi connectivity index (χ1v) is 11.3. The molecule has 1 amide bonds. The maximum atomic E-state index is 12.7. The SMILES string of the molecule is C/C1=C/C=C/C=C/[C@H](C)CNC(=O)CC(=O)CC2O[C@H]3[C@@H]4[C@@H](C=C[C@H]1[C@@H]24)[C@@H](O)C[C@H]3O. The smallest absolute Gasteiger partial charge is 0.227 e. The lowest BCUT2D eigenvalue weighted by atomic mass is 9.60. The van der Waals surface area contributed by atoms with Gasteiger partial charge in [0.1, 0.15) is 5.78 Å². The Bertz CT molecular complexity index is 828. The van der Waals surface area contributed by atoms with Gasteiger partial charge in [-0.3, -0.25) is 9.59 Å². The van der Waals surface area contributed by atoms with Gasteiger partial charge in [-0.25, -0.2) is 0 Å². The molecule has 0 aromatic carbocycles. The number of aliphatic hydroxyl groups is 2. The summed E-state index contributed by atoms with van der Waals surface area (Å²) in [5.41, 5.74) is 1.15. The van der Waals surface area contributed by atoms with E-state index in [0.717, 1.165) is 5.57 Å². The van der Waals surface area contributed by atoms with Gasteiger partial charge in [0, 0.05) is 43.1 Å². The summed E-state index contributed by atoms with van der Waals surface area (Å²) >= 11 is 0. The van der Waals surface area contributed by atoms with E-state index in [1.54, 1.807) is 0 Å². The third-order valence-corrected chi connectivity index (χ3v) is 7.25. The van der Waals surface area contributed by atoms with E-state index in [2.05, 4.69) is 30.5 Å². The minimum Gasteiger partial charge on any atom is -0.392 e. The molecule has 0 radical (unpaired) electrons. The van der Waals surface area contributed by atoms with Gasteiger partial charge in [-0.05, 0) is 12.8 Å². The van der Waals surface area contributed by atoms with Crippen molar-refractivity contribution in [1.29, 1.82) is 0 Å². The summed E-state index contributed by atoms with van der Waals surface area (Å²) < 4.78 is 6.28. The lowest BCUT2D eigenvalue weighted by molar-refractivity contribution is -0.131. The van der Waals surface area contributed by atoms with Crippen molar-refractivity contribution in [3.8, 4) is 0 Å². The summed E-state index contributed by atoms with van der Waals surface area (Å²) in [6.45, 7) is 4.57. The molecular formula is C25H33NO5. The minimum absolute atomic E-state index is 0.0234. The van der Waals surface area contributed by atoms with E-state index in [0.29, 0.717) is 6.54 Å². The van der Waals surface area contributed by atoms with E-state index < -0.39 is 18.3 Å². The van der Waals surface area contributed by atoms with Crippen LogP contribution in [-0.2, 0) is 14.3 Å². The molecule has 6 nitrogen and oxygen atoms in total. The number of ether oxygens (including phenoxy) is 1. The highest BCUT2D eigenvalue weighted by Crippen LogP contribution is 2.53. The molecule has 1 saturated heterocycles. The van der Waals surface area contributed by atoms with Gasteiger partial charge >= 0.3 is 0 Å². The summed E-state index contributed by atoms with van der Waals surface area (Å²) in [6, 6.07) is 0. The molecule has 6 heteroatoms. The largest absolute Gasteiger partial charge is 0.392 e. The van der Waals surface area contributed by atoms with E-state index in [-0.39, 0.29) is 66.6 Å². The number of carbonyl (C=O) groups excluding carboxylic acids is 2. The number of hydrogen-bond acceptors (Lipinski definition) is 5. The third-order valence-electron chi connectivity index (χ3n) is 7.25. The number of allylic oxidation sites excluding steroid dienone is 6. The van der Waals surface area contributed by atoms with Crippen LogP contribution in [0.15, 0.2) is 48.1 Å². The Morgan fingerprint density at radius 2 is 1.84 bits per heavy atom. The first-order valence-electron chi connectivity index (χ1n) is 11.3. The summed E-state index contributed by atoms with van der Waals surface area (Å²) in [6.07, 6.45) is 12.4. The fourth-order valence-electron chi connectivity index (χ4n) is 5.73. The van der Waals surface area contributed by atoms with Crippen LogP contribution in [-0.4, -0.2) is 52.9 Å². The van der Waals surface area contributed by atoms with Gasteiger partial charge in [-0.2, -0.15) is 0 Å². The molecule has 2 fully saturated rings. The molecule has 4 rings (SSSR count). The molecule has 2 heterocycles. The van der Waals surface area contributed by atoms with Crippen molar-refractivity contribution in [2.45, 2.75) is 57.5 Å². The maximum Gasteiger partial charge on any atom is 0.227 e. The van der Waals surface area contributed by atoms with Gasteiger partial charge in [0.15, 0.2) is 0 Å². The molecule has 0 aromatic rings. The van der Waals surface area contributed by atoms with Crippen molar-refractivity contribution in [2.75, 3.05) is 6.54 Å². The Morgan fingerprint density at radius 1 is 1.03 bits per heavy atom. The van der Waals surface area contributed by atoms with Gasteiger partial charge in [-0.1, -0.05) is 55.0 Å². The van der Waals surface area contributed by atoms with Crippen molar-refractivity contribution in [2.24, 2.45) is 29.6 Å². The van der Waals surface area contributed by atoms with Crippen LogP contribution in [0, 0.1) is 29.6 Å². The van der Waals surface area contributed by atoms with Gasteiger partial charge in [0.05, 0.1) is 30.8 Å². The highest BCUT2D eigenvalue weighted by Gasteiger charge is 2.58. The van der Waals surface area contributed by atoms with Crippen LogP contribution in [0.2, 0.25) is 0 Å². The van der Waals surface area contributed by atoms with Crippen molar-refractivity contribution in [1.82, 2.24) is 5.32 Å². The van der Waals surface area contributed by atoms with Crippen molar-refractivity contribution >= 4 is 11.7 Å². The fraction of sp³-hybridized carbons (Fsp3) is 0.600. The molecule has 168 valence electrons. The average molecular weight is 428 g/mol. The molecule has 2 aliphatic carbocycles. The molecule has 2 aliphatic heterocycles. The van der Waals surface area contributed by atoms with E-state index in [9.17, 15) is 19.8 Å². The fourth-order valence-corrected chi connectivity index (χ4v) is 5.73. The molecular weight excluding hydrogens is 394 g/mol. The predicted octanol–water partition coefficient (Wildman–Crippen LogP) is 2.09. The second-order valence-electron chi connectivity index (χ2n) is 9.53. The van der Waals surface area contributed by atoms with E-state index >= 15 is 0 Å². The zero-order valence-corrected chi connectivity index (χ0v) is 18.2. The van der Waals surface area contributed by atoms with Crippen LogP contribution in [0.5, 0.6) is 0 Å². The number of aliphatic hydroxyl groups excluding tert-OH is 2. The molecule has 31 heavy (non-hydrogen) atoms. The molecule has 3 N–H and O–H groups in total. The molecule has 0 aromatic heterocycles. The zero-order chi connectivity index (χ0) is 22.1. The number of hydrogen-bond donors (Lipinski definition) is 3. The Kier molecular flexibility index (Phi) is 6.60.